The number of ether oxygens (including phenoxy) is 1. The maximum Gasteiger partial charge on any atom is 0.251 e. The van der Waals surface area contributed by atoms with Crippen molar-refractivity contribution >= 4 is 27.5 Å². The lowest BCUT2D eigenvalue weighted by atomic mass is 10.1. The Balaban J connectivity index is 1.55. The van der Waals surface area contributed by atoms with Crippen molar-refractivity contribution in [2.45, 2.75) is 6.54 Å². The van der Waals surface area contributed by atoms with Crippen molar-refractivity contribution < 1.29 is 13.9 Å². The largest absolute Gasteiger partial charge is 0.480 e. The van der Waals surface area contributed by atoms with Crippen molar-refractivity contribution in [3.05, 3.63) is 71.0 Å². The van der Waals surface area contributed by atoms with Crippen LogP contribution in [0, 0.1) is 5.82 Å². The molecule has 0 unspecified atom stereocenters. The molecule has 0 aliphatic heterocycles. The molecule has 2 heterocycles. The Bertz CT molecular complexity index is 1140. The van der Waals surface area contributed by atoms with Gasteiger partial charge in [-0.15, -0.1) is 21.5 Å². The number of methoxy groups -OCH3 is 1. The minimum atomic E-state index is -0.523. The van der Waals surface area contributed by atoms with Crippen LogP contribution in [0.4, 0.5) is 4.39 Å². The van der Waals surface area contributed by atoms with E-state index in [0.717, 1.165) is 15.8 Å². The van der Waals surface area contributed by atoms with Crippen LogP contribution in [0.2, 0.25) is 0 Å². The van der Waals surface area contributed by atoms with Crippen LogP contribution in [-0.4, -0.2) is 28.2 Å². The highest BCUT2D eigenvalue weighted by Gasteiger charge is 2.12. The van der Waals surface area contributed by atoms with E-state index in [1.807, 2.05) is 18.2 Å². The van der Waals surface area contributed by atoms with E-state index < -0.39 is 5.82 Å². The zero-order valence-corrected chi connectivity index (χ0v) is 15.7. The Morgan fingerprint density at radius 1 is 1.18 bits per heavy atom. The predicted octanol–water partition coefficient (Wildman–Crippen LogP) is 3.83. The third-order valence-corrected chi connectivity index (χ3v) is 5.10. The van der Waals surface area contributed by atoms with Crippen molar-refractivity contribution in [1.29, 1.82) is 0 Å². The second-order valence-electron chi connectivity index (χ2n) is 5.99. The average Bonchev–Trinajstić information content (AvgIpc) is 3.21. The first-order valence-electron chi connectivity index (χ1n) is 8.42. The third kappa shape index (κ3) is 3.67. The van der Waals surface area contributed by atoms with Gasteiger partial charge in [-0.2, -0.15) is 0 Å². The molecule has 4 aromatic rings. The Labute approximate surface area is 164 Å². The first kappa shape index (κ1) is 18.0. The van der Waals surface area contributed by atoms with E-state index in [9.17, 15) is 9.18 Å². The first-order valence-corrected chi connectivity index (χ1v) is 9.30. The lowest BCUT2D eigenvalue weighted by Crippen LogP contribution is -2.23. The molecule has 140 valence electrons. The number of thiazole rings is 1. The number of hydrogen-bond acceptors (Lipinski definition) is 6. The van der Waals surface area contributed by atoms with Crippen molar-refractivity contribution in [2.75, 3.05) is 7.11 Å². The topological polar surface area (TPSA) is 77.0 Å². The number of amides is 1. The molecule has 0 atom stereocenters. The zero-order chi connectivity index (χ0) is 19.5. The molecule has 0 saturated carbocycles. The summed E-state index contributed by atoms with van der Waals surface area (Å²) in [5.41, 5.74) is 4.75. The van der Waals surface area contributed by atoms with Gasteiger partial charge in [0.05, 0.1) is 28.5 Å². The van der Waals surface area contributed by atoms with E-state index in [1.54, 1.807) is 23.7 Å². The minimum absolute atomic E-state index is 0.212. The maximum absolute atomic E-state index is 14.1. The lowest BCUT2D eigenvalue weighted by Gasteiger charge is -2.08. The molecular weight excluding hydrogens is 379 g/mol. The number of hydrogen-bond donors (Lipinski definition) is 1. The fourth-order valence-electron chi connectivity index (χ4n) is 2.81. The lowest BCUT2D eigenvalue weighted by molar-refractivity contribution is 0.0950. The van der Waals surface area contributed by atoms with Gasteiger partial charge >= 0.3 is 0 Å². The summed E-state index contributed by atoms with van der Waals surface area (Å²) in [6.07, 6.45) is 0. The molecule has 1 N–H and O–H groups in total. The molecule has 0 radical (unpaired) electrons. The summed E-state index contributed by atoms with van der Waals surface area (Å²) in [5, 5.41) is 10.7. The molecule has 0 aliphatic rings. The van der Waals surface area contributed by atoms with Gasteiger partial charge in [-0.05, 0) is 35.9 Å². The highest BCUT2D eigenvalue weighted by Crippen LogP contribution is 2.23. The molecule has 0 aliphatic carbocycles. The Morgan fingerprint density at radius 3 is 2.86 bits per heavy atom. The number of fused-ring (bicyclic) bond motifs is 1. The van der Waals surface area contributed by atoms with Gasteiger partial charge in [0.2, 0.25) is 5.88 Å². The number of nitrogens with one attached hydrogen (secondary N) is 1. The monoisotopic (exact) mass is 394 g/mol. The van der Waals surface area contributed by atoms with Crippen molar-refractivity contribution in [3.8, 4) is 17.1 Å². The predicted molar refractivity (Wildman–Crippen MR) is 105 cm³/mol. The molecule has 0 saturated heterocycles. The van der Waals surface area contributed by atoms with E-state index >= 15 is 0 Å². The van der Waals surface area contributed by atoms with Crippen LogP contribution < -0.4 is 10.1 Å². The van der Waals surface area contributed by atoms with Gasteiger partial charge in [0, 0.05) is 23.7 Å². The zero-order valence-electron chi connectivity index (χ0n) is 14.8. The van der Waals surface area contributed by atoms with Crippen LogP contribution in [0.5, 0.6) is 5.88 Å². The van der Waals surface area contributed by atoms with E-state index in [0.29, 0.717) is 23.7 Å². The van der Waals surface area contributed by atoms with E-state index in [-0.39, 0.29) is 11.5 Å². The average molecular weight is 394 g/mol. The summed E-state index contributed by atoms with van der Waals surface area (Å²) < 4.78 is 20.1. The van der Waals surface area contributed by atoms with Crippen molar-refractivity contribution in [3.63, 3.8) is 0 Å². The number of benzene rings is 2. The Hall–Kier alpha value is -3.39. The quantitative estimate of drug-likeness (QED) is 0.557. The molecule has 0 spiro atoms. The minimum Gasteiger partial charge on any atom is -0.480 e. The van der Waals surface area contributed by atoms with Gasteiger partial charge in [0.1, 0.15) is 5.82 Å². The number of rotatable bonds is 5. The molecule has 28 heavy (non-hydrogen) atoms. The summed E-state index contributed by atoms with van der Waals surface area (Å²) >= 11 is 1.52. The fraction of sp³-hybridized carbons (Fsp3) is 0.100. The van der Waals surface area contributed by atoms with Crippen LogP contribution in [0.15, 0.2) is 54.0 Å². The molecule has 1 amide bonds. The number of carbonyl (C=O) groups is 1. The van der Waals surface area contributed by atoms with Crippen molar-refractivity contribution in [2.24, 2.45) is 0 Å². The van der Waals surface area contributed by atoms with Crippen LogP contribution in [0.25, 0.3) is 21.5 Å². The van der Waals surface area contributed by atoms with Crippen LogP contribution >= 0.6 is 11.3 Å². The third-order valence-electron chi connectivity index (χ3n) is 4.18. The number of carbonyl (C=O) groups excluding carboxylic acids is 1. The van der Waals surface area contributed by atoms with Gasteiger partial charge in [0.25, 0.3) is 5.91 Å². The summed E-state index contributed by atoms with van der Waals surface area (Å²) in [4.78, 5) is 16.9. The molecule has 6 nitrogen and oxygen atoms in total. The van der Waals surface area contributed by atoms with Gasteiger partial charge < -0.3 is 10.1 Å². The Morgan fingerprint density at radius 2 is 2.07 bits per heavy atom. The fourth-order valence-corrected chi connectivity index (χ4v) is 3.62. The van der Waals surface area contributed by atoms with Gasteiger partial charge in [-0.1, -0.05) is 12.1 Å². The maximum atomic E-state index is 14.1. The van der Waals surface area contributed by atoms with Crippen LogP contribution in [0.1, 0.15) is 15.9 Å². The second-order valence-corrected chi connectivity index (χ2v) is 6.84. The molecule has 0 bridgehead atoms. The molecule has 0 fully saturated rings. The molecular formula is C20H15FN4O2S. The molecule has 4 rings (SSSR count). The Kier molecular flexibility index (Phi) is 4.94. The number of nitrogens with zero attached hydrogens (tertiary/aromatic N) is 3. The van der Waals surface area contributed by atoms with E-state index in [4.69, 9.17) is 4.74 Å². The first-order chi connectivity index (χ1) is 13.6. The molecule has 8 heteroatoms. The van der Waals surface area contributed by atoms with Gasteiger partial charge in [-0.25, -0.2) is 9.37 Å². The SMILES string of the molecule is COc1ccc(-c2cc(F)cc(C(=O)NCc3cccc4ncsc34)c2)nn1. The number of aromatic nitrogens is 3. The number of halogens is 1. The standard InChI is InChI=1S/C20H15FN4O2S/c1-27-18-6-5-16(24-25-18)13-7-14(9-15(21)8-13)20(26)22-10-12-3-2-4-17-19(12)28-11-23-17/h2-9,11H,10H2,1H3,(H,22,26). The summed E-state index contributed by atoms with van der Waals surface area (Å²) in [7, 11) is 1.49. The van der Waals surface area contributed by atoms with Crippen LogP contribution in [-0.2, 0) is 6.54 Å². The highest BCUT2D eigenvalue weighted by atomic mass is 32.1. The van der Waals surface area contributed by atoms with Gasteiger partial charge in [0.15, 0.2) is 0 Å². The summed E-state index contributed by atoms with van der Waals surface area (Å²) in [6.45, 7) is 0.326. The second kappa shape index (κ2) is 7.69. The molecule has 2 aromatic heterocycles. The van der Waals surface area contributed by atoms with E-state index in [1.165, 1.54) is 30.6 Å². The highest BCUT2D eigenvalue weighted by molar-refractivity contribution is 7.16. The van der Waals surface area contributed by atoms with Crippen LogP contribution in [0.3, 0.4) is 0 Å². The smallest absolute Gasteiger partial charge is 0.251 e. The van der Waals surface area contributed by atoms with Crippen molar-refractivity contribution in [1.82, 2.24) is 20.5 Å². The molecule has 2 aromatic carbocycles. The summed E-state index contributed by atoms with van der Waals surface area (Å²) in [6, 6.07) is 13.1. The normalized spacial score (nSPS) is 10.8. The van der Waals surface area contributed by atoms with Gasteiger partial charge in [-0.3, -0.25) is 4.79 Å². The van der Waals surface area contributed by atoms with E-state index in [2.05, 4.69) is 20.5 Å². The summed E-state index contributed by atoms with van der Waals surface area (Å²) in [5.74, 6) is -0.538.